The van der Waals surface area contributed by atoms with Gasteiger partial charge in [-0.05, 0) is 42.0 Å². The number of hydrogen-bond donors (Lipinski definition) is 2. The highest BCUT2D eigenvalue weighted by Crippen LogP contribution is 2.25. The monoisotopic (exact) mass is 355 g/mol. The number of amides is 1. The van der Waals surface area contributed by atoms with E-state index in [1.807, 2.05) is 66.9 Å². The summed E-state index contributed by atoms with van der Waals surface area (Å²) < 4.78 is 1.74. The summed E-state index contributed by atoms with van der Waals surface area (Å²) in [6.07, 6.45) is 3.09. The zero-order valence-electron chi connectivity index (χ0n) is 14.5. The van der Waals surface area contributed by atoms with Crippen LogP contribution >= 0.6 is 0 Å². The topological polar surface area (TPSA) is 71.3 Å². The Morgan fingerprint density at radius 3 is 2.63 bits per heavy atom. The first-order valence-corrected chi connectivity index (χ1v) is 8.44. The van der Waals surface area contributed by atoms with Gasteiger partial charge in [-0.2, -0.15) is 4.98 Å². The average molecular weight is 355 g/mol. The molecule has 0 bridgehead atoms. The lowest BCUT2D eigenvalue weighted by molar-refractivity contribution is -0.111. The first kappa shape index (κ1) is 16.5. The number of rotatable bonds is 5. The van der Waals surface area contributed by atoms with Crippen LogP contribution in [0.1, 0.15) is 0 Å². The third-order valence-electron chi connectivity index (χ3n) is 4.02. The number of benzene rings is 2. The number of nitrogens with one attached hydrogen (secondary N) is 2. The predicted molar refractivity (Wildman–Crippen MR) is 107 cm³/mol. The van der Waals surface area contributed by atoms with E-state index in [-0.39, 0.29) is 5.91 Å². The molecule has 2 N–H and O–H groups in total. The Bertz CT molecular complexity index is 1120. The van der Waals surface area contributed by atoms with Crippen molar-refractivity contribution in [2.75, 3.05) is 10.6 Å². The number of nitrogens with zero attached hydrogens (tertiary/aromatic N) is 3. The van der Waals surface area contributed by atoms with Crippen LogP contribution in [0.15, 0.2) is 85.6 Å². The fourth-order valence-electron chi connectivity index (χ4n) is 2.80. The van der Waals surface area contributed by atoms with E-state index in [0.29, 0.717) is 11.6 Å². The molecule has 0 saturated carbocycles. The number of anilines is 3. The molecule has 2 heterocycles. The van der Waals surface area contributed by atoms with E-state index < -0.39 is 0 Å². The molecule has 0 aliphatic heterocycles. The summed E-state index contributed by atoms with van der Waals surface area (Å²) in [6.45, 7) is 3.45. The van der Waals surface area contributed by atoms with Gasteiger partial charge in [0.05, 0.1) is 0 Å². The quantitative estimate of drug-likeness (QED) is 0.525. The molecule has 1 amide bonds. The second-order valence-electron chi connectivity index (χ2n) is 5.89. The molecule has 0 radical (unpaired) electrons. The molecule has 6 nitrogen and oxygen atoms in total. The Labute approximate surface area is 156 Å². The Kier molecular flexibility index (Phi) is 4.37. The summed E-state index contributed by atoms with van der Waals surface area (Å²) in [6, 6.07) is 21.4. The highest BCUT2D eigenvalue weighted by molar-refractivity contribution is 5.99. The van der Waals surface area contributed by atoms with Crippen molar-refractivity contribution in [1.29, 1.82) is 0 Å². The van der Waals surface area contributed by atoms with Crippen LogP contribution < -0.4 is 10.6 Å². The Morgan fingerprint density at radius 1 is 1.00 bits per heavy atom. The van der Waals surface area contributed by atoms with E-state index in [0.717, 1.165) is 22.5 Å². The van der Waals surface area contributed by atoms with Crippen molar-refractivity contribution in [3.05, 3.63) is 85.6 Å². The van der Waals surface area contributed by atoms with Gasteiger partial charge in [-0.25, -0.2) is 4.52 Å². The van der Waals surface area contributed by atoms with Crippen LogP contribution in [0, 0.1) is 0 Å². The number of carbonyl (C=O) groups excluding carboxylic acids is 1. The summed E-state index contributed by atoms with van der Waals surface area (Å²) in [5.74, 6) is 0.219. The van der Waals surface area contributed by atoms with Crippen molar-refractivity contribution in [2.45, 2.75) is 0 Å². The van der Waals surface area contributed by atoms with Gasteiger partial charge >= 0.3 is 0 Å². The molecule has 0 saturated heterocycles. The van der Waals surface area contributed by atoms with E-state index >= 15 is 0 Å². The van der Waals surface area contributed by atoms with Crippen LogP contribution in [-0.4, -0.2) is 20.5 Å². The number of aromatic nitrogens is 3. The first-order valence-electron chi connectivity index (χ1n) is 8.44. The number of hydrogen-bond acceptors (Lipinski definition) is 4. The maximum absolute atomic E-state index is 11.5. The Hall–Kier alpha value is -3.93. The van der Waals surface area contributed by atoms with Gasteiger partial charge in [0.15, 0.2) is 5.65 Å². The van der Waals surface area contributed by atoms with Crippen LogP contribution in [0.5, 0.6) is 0 Å². The second kappa shape index (κ2) is 7.13. The maximum atomic E-state index is 11.5. The van der Waals surface area contributed by atoms with Gasteiger partial charge in [-0.1, -0.05) is 43.0 Å². The van der Waals surface area contributed by atoms with Crippen molar-refractivity contribution in [3.63, 3.8) is 0 Å². The predicted octanol–water partition coefficient (Wildman–Crippen LogP) is 4.26. The Morgan fingerprint density at radius 2 is 1.81 bits per heavy atom. The highest BCUT2D eigenvalue weighted by Gasteiger charge is 2.10. The standard InChI is InChI=1S/C21H17N5O/c1-2-19(27)22-16-10-6-11-17(14-16)23-21-24-20-18(12-7-13-26(20)25-21)15-8-4-3-5-9-15/h2-14H,1H2,(H,22,27)(H,23,25). The van der Waals surface area contributed by atoms with Crippen molar-refractivity contribution in [3.8, 4) is 11.1 Å². The van der Waals surface area contributed by atoms with E-state index in [2.05, 4.69) is 27.3 Å². The molecular weight excluding hydrogens is 338 g/mol. The third-order valence-corrected chi connectivity index (χ3v) is 4.02. The fraction of sp³-hybridized carbons (Fsp3) is 0. The van der Waals surface area contributed by atoms with Crippen LogP contribution in [-0.2, 0) is 4.79 Å². The van der Waals surface area contributed by atoms with Crippen LogP contribution in [0.4, 0.5) is 17.3 Å². The van der Waals surface area contributed by atoms with Crippen molar-refractivity contribution in [1.82, 2.24) is 14.6 Å². The van der Waals surface area contributed by atoms with Gasteiger partial charge < -0.3 is 10.6 Å². The third kappa shape index (κ3) is 3.55. The lowest BCUT2D eigenvalue weighted by Crippen LogP contribution is -2.07. The first-order chi connectivity index (χ1) is 13.2. The number of carbonyl (C=O) groups is 1. The number of pyridine rings is 1. The summed E-state index contributed by atoms with van der Waals surface area (Å²) in [5, 5.41) is 10.4. The molecular formula is C21H17N5O. The van der Waals surface area contributed by atoms with Crippen LogP contribution in [0.3, 0.4) is 0 Å². The molecule has 27 heavy (non-hydrogen) atoms. The van der Waals surface area contributed by atoms with Crippen molar-refractivity contribution < 1.29 is 4.79 Å². The van der Waals surface area contributed by atoms with Crippen LogP contribution in [0.25, 0.3) is 16.8 Å². The molecule has 2 aromatic heterocycles. The zero-order chi connectivity index (χ0) is 18.6. The van der Waals surface area contributed by atoms with E-state index in [4.69, 9.17) is 0 Å². The zero-order valence-corrected chi connectivity index (χ0v) is 14.5. The molecule has 2 aromatic carbocycles. The maximum Gasteiger partial charge on any atom is 0.247 e. The lowest BCUT2D eigenvalue weighted by Gasteiger charge is -2.05. The van der Waals surface area contributed by atoms with Gasteiger partial charge in [0.2, 0.25) is 11.9 Å². The Balaban J connectivity index is 1.65. The largest absolute Gasteiger partial charge is 0.323 e. The summed E-state index contributed by atoms with van der Waals surface area (Å²) in [5.41, 5.74) is 4.29. The molecule has 0 fully saturated rings. The average Bonchev–Trinajstić information content (AvgIpc) is 3.11. The molecule has 0 atom stereocenters. The molecule has 0 aliphatic carbocycles. The fourth-order valence-corrected chi connectivity index (χ4v) is 2.80. The molecule has 0 spiro atoms. The minimum Gasteiger partial charge on any atom is -0.323 e. The molecule has 0 aliphatic rings. The van der Waals surface area contributed by atoms with E-state index in [1.165, 1.54) is 6.08 Å². The number of fused-ring (bicyclic) bond motifs is 1. The molecule has 6 heteroatoms. The SMILES string of the molecule is C=CC(=O)Nc1cccc(Nc2nc3c(-c4ccccc4)cccn3n2)c1. The van der Waals surface area contributed by atoms with Gasteiger partial charge in [-0.3, -0.25) is 4.79 Å². The highest BCUT2D eigenvalue weighted by atomic mass is 16.1. The molecule has 4 rings (SSSR count). The normalized spacial score (nSPS) is 10.5. The minimum atomic E-state index is -0.259. The van der Waals surface area contributed by atoms with Gasteiger partial charge in [0.1, 0.15) is 0 Å². The van der Waals surface area contributed by atoms with E-state index in [9.17, 15) is 4.79 Å². The smallest absolute Gasteiger partial charge is 0.247 e. The minimum absolute atomic E-state index is 0.259. The van der Waals surface area contributed by atoms with Gasteiger partial charge in [0.25, 0.3) is 0 Å². The van der Waals surface area contributed by atoms with Crippen molar-refractivity contribution >= 4 is 28.9 Å². The second-order valence-corrected chi connectivity index (χ2v) is 5.89. The van der Waals surface area contributed by atoms with Gasteiger partial charge in [0, 0.05) is 23.1 Å². The van der Waals surface area contributed by atoms with E-state index in [1.54, 1.807) is 10.6 Å². The van der Waals surface area contributed by atoms with Crippen molar-refractivity contribution in [2.24, 2.45) is 0 Å². The van der Waals surface area contributed by atoms with Gasteiger partial charge in [-0.15, -0.1) is 5.10 Å². The lowest BCUT2D eigenvalue weighted by atomic mass is 10.1. The summed E-state index contributed by atoms with van der Waals surface area (Å²) in [4.78, 5) is 16.1. The summed E-state index contributed by atoms with van der Waals surface area (Å²) in [7, 11) is 0. The molecule has 0 unspecified atom stereocenters. The molecule has 132 valence electrons. The molecule has 4 aromatic rings. The van der Waals surface area contributed by atoms with Crippen LogP contribution in [0.2, 0.25) is 0 Å². The summed E-state index contributed by atoms with van der Waals surface area (Å²) >= 11 is 0.